The molecule has 0 aliphatic carbocycles. The molecule has 0 aliphatic rings. The average Bonchev–Trinajstić information content (AvgIpc) is 2.42. The van der Waals surface area contributed by atoms with Gasteiger partial charge in [0.05, 0.1) is 13.2 Å². The van der Waals surface area contributed by atoms with Gasteiger partial charge >= 0.3 is 0 Å². The predicted octanol–water partition coefficient (Wildman–Crippen LogP) is -0.794. The van der Waals surface area contributed by atoms with Crippen LogP contribution in [0.3, 0.4) is 0 Å². The van der Waals surface area contributed by atoms with Crippen LogP contribution in [0.4, 0.5) is 4.39 Å². The molecule has 2 unspecified atom stereocenters. The van der Waals surface area contributed by atoms with Crippen LogP contribution in [0.15, 0.2) is 30.3 Å². The smallest absolute Gasteiger partial charge is 0.130 e. The first-order valence-corrected chi connectivity index (χ1v) is 6.88. The van der Waals surface area contributed by atoms with E-state index in [1.807, 2.05) is 37.3 Å². The number of hydrogen-bond acceptors (Lipinski definition) is 1. The fourth-order valence-electron chi connectivity index (χ4n) is 2.06. The monoisotopic (exact) mass is 289 g/mol. The van der Waals surface area contributed by atoms with Crippen molar-refractivity contribution in [3.63, 3.8) is 0 Å². The molecule has 0 radical (unpaired) electrons. The van der Waals surface area contributed by atoms with Crippen LogP contribution >= 0.6 is 0 Å². The molecule has 0 spiro atoms. The fourth-order valence-corrected chi connectivity index (χ4v) is 2.06. The topological polar surface area (TPSA) is 36.8 Å². The molecule has 2 atom stereocenters. The normalized spacial score (nSPS) is 13.6. The lowest BCUT2D eigenvalue weighted by atomic mass is 10.0. The minimum absolute atomic E-state index is 0. The van der Waals surface area contributed by atoms with Crippen molar-refractivity contribution in [3.05, 3.63) is 35.9 Å². The van der Waals surface area contributed by atoms with Gasteiger partial charge in [-0.1, -0.05) is 36.8 Å². The lowest BCUT2D eigenvalue weighted by Crippen LogP contribution is -3.00. The Labute approximate surface area is 121 Å². The second kappa shape index (κ2) is 11.2. The van der Waals surface area contributed by atoms with Gasteiger partial charge in [0.1, 0.15) is 12.1 Å². The van der Waals surface area contributed by atoms with E-state index >= 15 is 0 Å². The third-order valence-electron chi connectivity index (χ3n) is 3.27. The number of halogens is 2. The van der Waals surface area contributed by atoms with Crippen molar-refractivity contribution in [2.75, 3.05) is 13.2 Å². The van der Waals surface area contributed by atoms with Crippen molar-refractivity contribution in [2.45, 2.75) is 44.8 Å². The zero-order valence-electron chi connectivity index (χ0n) is 11.6. The number of aliphatic hydroxyl groups excluding tert-OH is 1. The Morgan fingerprint density at radius 1 is 1.11 bits per heavy atom. The summed E-state index contributed by atoms with van der Waals surface area (Å²) in [6, 6.07) is 9.92. The van der Waals surface area contributed by atoms with Crippen LogP contribution in [-0.4, -0.2) is 24.4 Å². The van der Waals surface area contributed by atoms with Gasteiger partial charge in [-0.3, -0.25) is 4.39 Å². The highest BCUT2D eigenvalue weighted by Gasteiger charge is 2.18. The van der Waals surface area contributed by atoms with Crippen LogP contribution < -0.4 is 17.7 Å². The maximum atomic E-state index is 11.9. The Morgan fingerprint density at radius 3 is 2.37 bits per heavy atom. The summed E-state index contributed by atoms with van der Waals surface area (Å²) in [5.41, 5.74) is 0.971. The molecule has 0 bridgehead atoms. The van der Waals surface area contributed by atoms with Crippen LogP contribution in [0.25, 0.3) is 0 Å². The molecule has 0 saturated carbocycles. The van der Waals surface area contributed by atoms with E-state index < -0.39 is 6.10 Å². The lowest BCUT2D eigenvalue weighted by molar-refractivity contribution is -0.694. The summed E-state index contributed by atoms with van der Waals surface area (Å²) in [7, 11) is 0. The molecular weight excluding hydrogens is 265 g/mol. The van der Waals surface area contributed by atoms with Crippen molar-refractivity contribution in [1.29, 1.82) is 0 Å². The number of benzene rings is 1. The van der Waals surface area contributed by atoms with Crippen LogP contribution in [0.2, 0.25) is 0 Å². The number of quaternary nitrogens is 1. The first kappa shape index (κ1) is 18.4. The number of hydrogen-bond donors (Lipinski definition) is 2. The fraction of sp³-hybridized carbons (Fsp3) is 0.600. The van der Waals surface area contributed by atoms with Gasteiger partial charge in [0.25, 0.3) is 0 Å². The minimum Gasteiger partial charge on any atom is -1.00 e. The number of unbranched alkanes of at least 4 members (excludes halogenated alkanes) is 3. The van der Waals surface area contributed by atoms with Gasteiger partial charge in [-0.2, -0.15) is 0 Å². The van der Waals surface area contributed by atoms with E-state index in [0.717, 1.165) is 31.4 Å². The maximum Gasteiger partial charge on any atom is 0.130 e. The zero-order valence-corrected chi connectivity index (χ0v) is 12.3. The molecule has 0 fully saturated rings. The highest BCUT2D eigenvalue weighted by molar-refractivity contribution is 5.17. The van der Waals surface area contributed by atoms with Crippen LogP contribution in [-0.2, 0) is 0 Å². The summed E-state index contributed by atoms with van der Waals surface area (Å²) in [6.45, 7) is 2.84. The van der Waals surface area contributed by atoms with E-state index in [0.29, 0.717) is 6.42 Å². The standard InChI is InChI=1S/C15H24FNO.ClH/c1-13(17-12-8-3-2-7-11-16)15(18)14-9-5-4-6-10-14;/h4-6,9-10,13,15,17-18H,2-3,7-8,11-12H2,1H3;1H. The predicted molar refractivity (Wildman–Crippen MR) is 72.1 cm³/mol. The molecule has 110 valence electrons. The van der Waals surface area contributed by atoms with E-state index in [9.17, 15) is 9.50 Å². The molecule has 2 nitrogen and oxygen atoms in total. The lowest BCUT2D eigenvalue weighted by Gasteiger charge is -2.17. The molecule has 4 heteroatoms. The Hall–Kier alpha value is -0.640. The van der Waals surface area contributed by atoms with Crippen LogP contribution in [0, 0.1) is 0 Å². The number of rotatable bonds is 9. The van der Waals surface area contributed by atoms with Gasteiger partial charge in [0.2, 0.25) is 0 Å². The number of aliphatic hydroxyl groups is 1. The molecule has 19 heavy (non-hydrogen) atoms. The molecule has 3 N–H and O–H groups in total. The molecular formula is C15H25ClFNO. The average molecular weight is 290 g/mol. The van der Waals surface area contributed by atoms with Crippen LogP contribution in [0.5, 0.6) is 0 Å². The van der Waals surface area contributed by atoms with Gasteiger partial charge in [0.15, 0.2) is 0 Å². The van der Waals surface area contributed by atoms with Crippen LogP contribution in [0.1, 0.15) is 44.3 Å². The summed E-state index contributed by atoms with van der Waals surface area (Å²) >= 11 is 0. The van der Waals surface area contributed by atoms with E-state index in [-0.39, 0.29) is 25.1 Å². The molecule has 0 amide bonds. The van der Waals surface area contributed by atoms with Crippen molar-refractivity contribution >= 4 is 0 Å². The zero-order chi connectivity index (χ0) is 13.2. The second-order valence-corrected chi connectivity index (χ2v) is 4.84. The Bertz CT molecular complexity index is 310. The van der Waals surface area contributed by atoms with Gasteiger partial charge < -0.3 is 22.8 Å². The summed E-state index contributed by atoms with van der Waals surface area (Å²) in [6.07, 6.45) is 3.40. The van der Waals surface area contributed by atoms with Crippen molar-refractivity contribution in [1.82, 2.24) is 0 Å². The Morgan fingerprint density at radius 2 is 1.74 bits per heavy atom. The molecule has 0 heterocycles. The third kappa shape index (κ3) is 7.51. The van der Waals surface area contributed by atoms with Gasteiger partial charge in [0, 0.05) is 0 Å². The Kier molecular flexibility index (Phi) is 10.8. The van der Waals surface area contributed by atoms with E-state index in [1.54, 1.807) is 0 Å². The largest absolute Gasteiger partial charge is 1.00 e. The van der Waals surface area contributed by atoms with Crippen molar-refractivity contribution in [3.8, 4) is 0 Å². The van der Waals surface area contributed by atoms with Crippen molar-refractivity contribution < 1.29 is 27.2 Å². The van der Waals surface area contributed by atoms with Gasteiger partial charge in [-0.05, 0) is 31.7 Å². The number of nitrogens with two attached hydrogens (primary N) is 1. The highest BCUT2D eigenvalue weighted by atomic mass is 35.5. The summed E-state index contributed by atoms with van der Waals surface area (Å²) < 4.78 is 11.9. The summed E-state index contributed by atoms with van der Waals surface area (Å²) in [5.74, 6) is 0. The van der Waals surface area contributed by atoms with E-state index in [1.165, 1.54) is 0 Å². The maximum absolute atomic E-state index is 11.9. The quantitative estimate of drug-likeness (QED) is 0.574. The first-order chi connectivity index (χ1) is 8.75. The molecule has 1 aromatic rings. The summed E-state index contributed by atoms with van der Waals surface area (Å²) in [4.78, 5) is 0. The third-order valence-corrected chi connectivity index (χ3v) is 3.27. The summed E-state index contributed by atoms with van der Waals surface area (Å²) in [5, 5.41) is 12.3. The highest BCUT2D eigenvalue weighted by Crippen LogP contribution is 2.13. The van der Waals surface area contributed by atoms with Crippen molar-refractivity contribution in [2.24, 2.45) is 0 Å². The minimum atomic E-state index is -0.419. The Balaban J connectivity index is 0.00000324. The van der Waals surface area contributed by atoms with E-state index in [2.05, 4.69) is 5.32 Å². The second-order valence-electron chi connectivity index (χ2n) is 4.84. The molecule has 1 rings (SSSR count). The van der Waals surface area contributed by atoms with Gasteiger partial charge in [-0.15, -0.1) is 0 Å². The first-order valence-electron chi connectivity index (χ1n) is 6.88. The molecule has 0 aromatic heterocycles. The molecule has 1 aromatic carbocycles. The molecule has 0 saturated heterocycles. The number of alkyl halides is 1. The molecule has 0 aliphatic heterocycles. The van der Waals surface area contributed by atoms with E-state index in [4.69, 9.17) is 0 Å². The van der Waals surface area contributed by atoms with Gasteiger partial charge in [-0.25, -0.2) is 0 Å². The SMILES string of the molecule is CC([NH2+]CCCCCCF)C(O)c1ccccc1.[Cl-].